The van der Waals surface area contributed by atoms with E-state index in [4.69, 9.17) is 0 Å². The van der Waals surface area contributed by atoms with Crippen molar-refractivity contribution in [2.24, 2.45) is 5.92 Å². The Kier molecular flexibility index (Phi) is 2.11. The number of nitrogens with zero attached hydrogens (tertiary/aromatic N) is 1. The summed E-state index contributed by atoms with van der Waals surface area (Å²) in [7, 11) is 1.56. The van der Waals surface area contributed by atoms with Gasteiger partial charge in [0.25, 0.3) is 0 Å². The van der Waals surface area contributed by atoms with Gasteiger partial charge in [0.2, 0.25) is 5.91 Å². The molecule has 1 unspecified atom stereocenters. The van der Waals surface area contributed by atoms with Gasteiger partial charge in [-0.1, -0.05) is 12.1 Å². The van der Waals surface area contributed by atoms with Crippen molar-refractivity contribution in [3.8, 4) is 0 Å². The highest BCUT2D eigenvalue weighted by atomic mass is 16.2. The van der Waals surface area contributed by atoms with Gasteiger partial charge in [0, 0.05) is 12.6 Å². The van der Waals surface area contributed by atoms with Crippen molar-refractivity contribution in [2.45, 2.75) is 0 Å². The molecule has 0 fully saturated rings. The maximum Gasteiger partial charge on any atom is 0.244 e. The quantitative estimate of drug-likeness (QED) is 0.497. The van der Waals surface area contributed by atoms with E-state index in [1.54, 1.807) is 31.3 Å². The first-order valence-corrected chi connectivity index (χ1v) is 4.53. The summed E-state index contributed by atoms with van der Waals surface area (Å²) < 4.78 is 0. The van der Waals surface area contributed by atoms with Gasteiger partial charge in [-0.05, 0) is 12.1 Å². The first-order valence-electron chi connectivity index (χ1n) is 4.53. The number of rotatable bonds is 1. The normalized spacial score (nSPS) is 20.1. The van der Waals surface area contributed by atoms with Gasteiger partial charge in [-0.3, -0.25) is 9.59 Å². The van der Waals surface area contributed by atoms with Crippen LogP contribution >= 0.6 is 0 Å². The molecule has 1 atom stereocenters. The third-order valence-electron chi connectivity index (χ3n) is 2.55. The molecule has 0 aromatic heterocycles. The van der Waals surface area contributed by atoms with Crippen molar-refractivity contribution in [3.63, 3.8) is 0 Å². The van der Waals surface area contributed by atoms with E-state index >= 15 is 0 Å². The highest BCUT2D eigenvalue weighted by Crippen LogP contribution is 2.28. The molecule has 1 aromatic carbocycles. The Morgan fingerprint density at radius 3 is 2.60 bits per heavy atom. The fourth-order valence-electron chi connectivity index (χ4n) is 1.70. The van der Waals surface area contributed by atoms with Crippen LogP contribution in [-0.4, -0.2) is 25.0 Å². The first-order chi connectivity index (χ1) is 7.16. The summed E-state index contributed by atoms with van der Waals surface area (Å²) in [4.78, 5) is 35.3. The monoisotopic (exact) mass is 203 g/mol. The number of hydrogen-bond donors (Lipinski definition) is 0. The van der Waals surface area contributed by atoms with E-state index < -0.39 is 17.6 Å². The lowest BCUT2D eigenvalue weighted by molar-refractivity contribution is -0.125. The van der Waals surface area contributed by atoms with E-state index in [0.29, 0.717) is 17.5 Å². The third-order valence-corrected chi connectivity index (χ3v) is 2.55. The van der Waals surface area contributed by atoms with Crippen LogP contribution in [-0.2, 0) is 9.59 Å². The predicted octanol–water partition coefficient (Wildman–Crippen LogP) is 0.661. The first kappa shape index (κ1) is 9.58. The van der Waals surface area contributed by atoms with Crippen LogP contribution in [0.3, 0.4) is 0 Å². The zero-order valence-corrected chi connectivity index (χ0v) is 8.14. The van der Waals surface area contributed by atoms with Crippen LogP contribution in [0.5, 0.6) is 0 Å². The van der Waals surface area contributed by atoms with E-state index in [9.17, 15) is 14.4 Å². The molecule has 1 amide bonds. The number of hydrogen-bond acceptors (Lipinski definition) is 3. The van der Waals surface area contributed by atoms with Crippen molar-refractivity contribution in [1.29, 1.82) is 0 Å². The second-order valence-corrected chi connectivity index (χ2v) is 3.39. The Morgan fingerprint density at radius 2 is 1.93 bits per heavy atom. The van der Waals surface area contributed by atoms with Gasteiger partial charge in [-0.2, -0.15) is 0 Å². The van der Waals surface area contributed by atoms with E-state index in [1.165, 1.54) is 4.90 Å². The van der Waals surface area contributed by atoms with E-state index in [1.807, 2.05) is 0 Å². The molecule has 0 bridgehead atoms. The molecule has 0 aliphatic carbocycles. The minimum absolute atomic E-state index is 0.400. The van der Waals surface area contributed by atoms with E-state index in [-0.39, 0.29) is 0 Å². The van der Waals surface area contributed by atoms with Gasteiger partial charge in [0.05, 0.1) is 5.69 Å². The fourth-order valence-corrected chi connectivity index (χ4v) is 1.70. The molecule has 15 heavy (non-hydrogen) atoms. The Balaban J connectivity index is 2.62. The van der Waals surface area contributed by atoms with Gasteiger partial charge in [0.15, 0.2) is 11.7 Å². The Labute approximate surface area is 86.5 Å². The van der Waals surface area contributed by atoms with Crippen molar-refractivity contribution < 1.29 is 14.4 Å². The third kappa shape index (κ3) is 1.26. The molecule has 0 radical (unpaired) electrons. The number of carbonyl (C=O) groups is 3. The number of para-hydroxylation sites is 1. The molecule has 2 rings (SSSR count). The number of benzene rings is 1. The van der Waals surface area contributed by atoms with Gasteiger partial charge < -0.3 is 9.69 Å². The molecule has 76 valence electrons. The van der Waals surface area contributed by atoms with Crippen LogP contribution in [0, 0.1) is 5.92 Å². The molecule has 0 saturated heterocycles. The minimum Gasteiger partial charge on any atom is -0.314 e. The summed E-state index contributed by atoms with van der Waals surface area (Å²) in [6.07, 6.45) is 0.400. The maximum absolute atomic E-state index is 11.7. The Morgan fingerprint density at radius 1 is 1.27 bits per heavy atom. The molecule has 1 heterocycles. The lowest BCUT2D eigenvalue weighted by Crippen LogP contribution is -2.43. The highest BCUT2D eigenvalue weighted by molar-refractivity contribution is 6.27. The second-order valence-electron chi connectivity index (χ2n) is 3.39. The standard InChI is InChI=1S/C11H9NO3/c1-12-9-5-3-2-4-7(9)10(14)8(6-13)11(12)15/h2-6,8H,1H3. The molecule has 1 aromatic rings. The average Bonchev–Trinajstić information content (AvgIpc) is 2.27. The molecule has 0 saturated carbocycles. The predicted molar refractivity (Wildman–Crippen MR) is 53.7 cm³/mol. The average molecular weight is 203 g/mol. The molecule has 4 heteroatoms. The number of anilines is 1. The van der Waals surface area contributed by atoms with Crippen molar-refractivity contribution >= 4 is 23.7 Å². The number of fused-ring (bicyclic) bond motifs is 1. The summed E-state index contributed by atoms with van der Waals surface area (Å²) >= 11 is 0. The van der Waals surface area contributed by atoms with Crippen LogP contribution in [0.1, 0.15) is 10.4 Å². The van der Waals surface area contributed by atoms with Gasteiger partial charge in [0.1, 0.15) is 6.29 Å². The molecule has 1 aliphatic rings. The Bertz CT molecular complexity index is 453. The topological polar surface area (TPSA) is 54.5 Å². The van der Waals surface area contributed by atoms with Crippen LogP contribution in [0.15, 0.2) is 24.3 Å². The zero-order valence-electron chi connectivity index (χ0n) is 8.14. The van der Waals surface area contributed by atoms with Crippen molar-refractivity contribution in [2.75, 3.05) is 11.9 Å². The maximum atomic E-state index is 11.7. The molecule has 0 spiro atoms. The van der Waals surface area contributed by atoms with Gasteiger partial charge in [-0.25, -0.2) is 0 Å². The smallest absolute Gasteiger partial charge is 0.244 e. The van der Waals surface area contributed by atoms with Crippen LogP contribution in [0.4, 0.5) is 5.69 Å². The Hall–Kier alpha value is -1.97. The highest BCUT2D eigenvalue weighted by Gasteiger charge is 2.37. The molecule has 1 aliphatic heterocycles. The van der Waals surface area contributed by atoms with Crippen molar-refractivity contribution in [3.05, 3.63) is 29.8 Å². The van der Waals surface area contributed by atoms with E-state index in [2.05, 4.69) is 0 Å². The molecular formula is C11H9NO3. The summed E-state index contributed by atoms with van der Waals surface area (Å²) in [6, 6.07) is 6.77. The van der Waals surface area contributed by atoms with Gasteiger partial charge in [-0.15, -0.1) is 0 Å². The minimum atomic E-state index is -1.18. The number of amides is 1. The second kappa shape index (κ2) is 3.31. The summed E-state index contributed by atoms with van der Waals surface area (Å²) in [5.41, 5.74) is 0.988. The number of aldehydes is 1. The number of Topliss-reactive ketones (excluding diaryl/α,β-unsaturated/α-hetero) is 1. The fraction of sp³-hybridized carbons (Fsp3) is 0.182. The largest absolute Gasteiger partial charge is 0.314 e. The number of ketones is 1. The summed E-state index contributed by atoms with van der Waals surface area (Å²) in [5, 5.41) is 0. The van der Waals surface area contributed by atoms with Gasteiger partial charge >= 0.3 is 0 Å². The SMILES string of the molecule is CN1C(=O)C(C=O)C(=O)c2ccccc21. The molecule has 4 nitrogen and oxygen atoms in total. The summed E-state index contributed by atoms with van der Waals surface area (Å²) in [6.45, 7) is 0. The molecule has 0 N–H and O–H groups in total. The lowest BCUT2D eigenvalue weighted by atomic mass is 9.92. The summed E-state index contributed by atoms with van der Waals surface area (Å²) in [5.74, 6) is -2.05. The van der Waals surface area contributed by atoms with Crippen LogP contribution in [0.25, 0.3) is 0 Å². The van der Waals surface area contributed by atoms with Crippen LogP contribution < -0.4 is 4.90 Å². The molecular weight excluding hydrogens is 194 g/mol. The van der Waals surface area contributed by atoms with E-state index in [0.717, 1.165) is 0 Å². The number of carbonyl (C=O) groups excluding carboxylic acids is 3. The zero-order chi connectivity index (χ0) is 11.0. The lowest BCUT2D eigenvalue weighted by Gasteiger charge is -2.27. The van der Waals surface area contributed by atoms with Crippen LogP contribution in [0.2, 0.25) is 0 Å². The van der Waals surface area contributed by atoms with Crippen molar-refractivity contribution in [1.82, 2.24) is 0 Å².